The van der Waals surface area contributed by atoms with Crippen molar-refractivity contribution in [3.8, 4) is 0 Å². The molecule has 0 fully saturated rings. The van der Waals surface area contributed by atoms with Gasteiger partial charge >= 0.3 is 0 Å². The third kappa shape index (κ3) is 17.9. The molecule has 0 radical (unpaired) electrons. The van der Waals surface area contributed by atoms with Crippen LogP contribution in [-0.4, -0.2) is 18.5 Å². The van der Waals surface area contributed by atoms with Crippen LogP contribution in [0, 0.1) is 16.2 Å². The predicted octanol–water partition coefficient (Wildman–Crippen LogP) is 10.9. The molecule has 1 nitrogen and oxygen atoms in total. The van der Waals surface area contributed by atoms with Crippen molar-refractivity contribution < 1.29 is 21.7 Å². The molecule has 0 saturated heterocycles. The first kappa shape index (κ1) is 35.1. The van der Waals surface area contributed by atoms with Gasteiger partial charge in [0.25, 0.3) is 0 Å². The Balaban J connectivity index is 0. The van der Waals surface area contributed by atoms with Gasteiger partial charge in [0.15, 0.2) is 0 Å². The normalized spacial score (nSPS) is 15.5. The van der Waals surface area contributed by atoms with Crippen LogP contribution in [0.15, 0.2) is 52.0 Å². The first-order valence-electron chi connectivity index (χ1n) is 12.7. The molecule has 33 heavy (non-hydrogen) atoms. The fraction of sp³-hybridized carbons (Fsp3) is 0.733. The molecular formula is C30H56NPTi. The topological polar surface area (TPSA) is 12.4 Å². The van der Waals surface area contributed by atoms with Gasteiger partial charge in [0.1, 0.15) is 0 Å². The summed E-state index contributed by atoms with van der Waals surface area (Å²) in [7, 11) is -1.39. The van der Waals surface area contributed by atoms with E-state index in [2.05, 4.69) is 120 Å². The number of rotatable bonds is 7. The molecule has 0 aromatic carbocycles. The SMILES string of the molecule is CC(C)(C)CP(CC(C)(C)C)(CC(C)(C)C)=NC1=CC=CC1.CCC=C(C)C(C)=CCC.[Ti]. The minimum Gasteiger partial charge on any atom is -0.272 e. The van der Waals surface area contributed by atoms with Crippen LogP contribution < -0.4 is 0 Å². The molecule has 190 valence electrons. The zero-order chi connectivity index (χ0) is 25.2. The molecule has 1 aliphatic carbocycles. The van der Waals surface area contributed by atoms with E-state index in [0.29, 0.717) is 16.2 Å². The Bertz CT molecular complexity index is 678. The summed E-state index contributed by atoms with van der Waals surface area (Å²) in [5.74, 6) is 0. The first-order chi connectivity index (χ1) is 14.4. The number of nitrogens with zero attached hydrogens (tertiary/aromatic N) is 1. The second kappa shape index (κ2) is 15.1. The van der Waals surface area contributed by atoms with Crippen LogP contribution in [0.1, 0.15) is 109 Å². The van der Waals surface area contributed by atoms with Crippen molar-refractivity contribution in [2.75, 3.05) is 18.5 Å². The van der Waals surface area contributed by atoms with Crippen molar-refractivity contribution >= 4 is 7.05 Å². The fourth-order valence-electron chi connectivity index (χ4n) is 4.64. The molecule has 0 bridgehead atoms. The Morgan fingerprint density at radius 3 is 1.39 bits per heavy atom. The van der Waals surface area contributed by atoms with Crippen molar-refractivity contribution in [2.45, 2.75) is 109 Å². The second-order valence-corrected chi connectivity index (χ2v) is 16.6. The monoisotopic (exact) mass is 509 g/mol. The van der Waals surface area contributed by atoms with Crippen LogP contribution in [0.4, 0.5) is 0 Å². The summed E-state index contributed by atoms with van der Waals surface area (Å²) in [6, 6.07) is 0. The third-order valence-corrected chi connectivity index (χ3v) is 10.3. The Hall–Kier alpha value is -0.0957. The van der Waals surface area contributed by atoms with Crippen molar-refractivity contribution in [3.63, 3.8) is 0 Å². The molecule has 0 N–H and O–H groups in total. The van der Waals surface area contributed by atoms with E-state index in [4.69, 9.17) is 4.74 Å². The zero-order valence-electron chi connectivity index (χ0n) is 24.5. The van der Waals surface area contributed by atoms with Gasteiger partial charge in [-0.25, -0.2) is 0 Å². The molecule has 0 heterocycles. The number of hydrogen-bond acceptors (Lipinski definition) is 1. The number of hydrogen-bond donors (Lipinski definition) is 0. The minimum absolute atomic E-state index is 0. The minimum atomic E-state index is -1.39. The molecule has 0 atom stereocenters. The molecule has 0 spiro atoms. The number of allylic oxidation sites excluding steroid dienone is 7. The van der Waals surface area contributed by atoms with Gasteiger partial charge in [0.2, 0.25) is 0 Å². The van der Waals surface area contributed by atoms with Crippen LogP contribution in [0.25, 0.3) is 0 Å². The van der Waals surface area contributed by atoms with Gasteiger partial charge in [0.05, 0.1) is 0 Å². The van der Waals surface area contributed by atoms with E-state index >= 15 is 0 Å². The summed E-state index contributed by atoms with van der Waals surface area (Å²) >= 11 is 0. The van der Waals surface area contributed by atoms with Gasteiger partial charge in [-0.05, 0) is 74.6 Å². The maximum absolute atomic E-state index is 5.47. The van der Waals surface area contributed by atoms with E-state index in [1.54, 1.807) is 0 Å². The van der Waals surface area contributed by atoms with Crippen molar-refractivity contribution in [1.82, 2.24) is 0 Å². The fourth-order valence-corrected chi connectivity index (χ4v) is 11.2. The van der Waals surface area contributed by atoms with Gasteiger partial charge in [0, 0.05) is 33.8 Å². The maximum Gasteiger partial charge on any atom is 0.0425 e. The van der Waals surface area contributed by atoms with E-state index < -0.39 is 7.05 Å². The molecule has 0 aliphatic heterocycles. The molecule has 1 aliphatic rings. The van der Waals surface area contributed by atoms with Crippen LogP contribution in [0.3, 0.4) is 0 Å². The van der Waals surface area contributed by atoms with Gasteiger partial charge < -0.3 is 0 Å². The average Bonchev–Trinajstić information content (AvgIpc) is 3.03. The smallest absolute Gasteiger partial charge is 0.0425 e. The molecule has 0 aromatic heterocycles. The third-order valence-electron chi connectivity index (χ3n) is 5.04. The Morgan fingerprint density at radius 2 is 1.15 bits per heavy atom. The van der Waals surface area contributed by atoms with E-state index in [1.165, 1.54) is 35.3 Å². The summed E-state index contributed by atoms with van der Waals surface area (Å²) in [5, 5.41) is 0. The van der Waals surface area contributed by atoms with Gasteiger partial charge in [-0.3, -0.25) is 4.74 Å². The Kier molecular flexibility index (Phi) is 16.1. The van der Waals surface area contributed by atoms with Crippen LogP contribution in [0.2, 0.25) is 0 Å². The van der Waals surface area contributed by atoms with E-state index in [-0.39, 0.29) is 21.7 Å². The Morgan fingerprint density at radius 1 is 0.788 bits per heavy atom. The standard InChI is InChI=1S/C20H38NP.C10H18.Ti/c1-18(2,3)14-22(15-19(4,5)6,16-20(7,8)9)21-17-12-10-11-13-17;1-5-7-9(3)10(4)8-6-2;/h10-12H,13-16H2,1-9H3;7-8H,5-6H2,1-4H3;. The molecule has 0 aromatic rings. The summed E-state index contributed by atoms with van der Waals surface area (Å²) in [6.45, 7) is 30.1. The van der Waals surface area contributed by atoms with Crippen molar-refractivity contribution in [2.24, 2.45) is 21.0 Å². The molecule has 0 amide bonds. The largest absolute Gasteiger partial charge is 0.272 e. The van der Waals surface area contributed by atoms with E-state index in [0.717, 1.165) is 19.3 Å². The molecule has 0 unspecified atom stereocenters. The van der Waals surface area contributed by atoms with Crippen molar-refractivity contribution in [3.05, 3.63) is 47.2 Å². The van der Waals surface area contributed by atoms with Crippen molar-refractivity contribution in [1.29, 1.82) is 0 Å². The van der Waals surface area contributed by atoms with E-state index in [1.807, 2.05) is 0 Å². The first-order valence-corrected chi connectivity index (χ1v) is 15.0. The average molecular weight is 510 g/mol. The van der Waals surface area contributed by atoms with Gasteiger partial charge in [-0.15, -0.1) is 0 Å². The summed E-state index contributed by atoms with van der Waals surface area (Å²) in [4.78, 5) is 0. The van der Waals surface area contributed by atoms with Gasteiger partial charge in [-0.1, -0.05) is 112 Å². The molecule has 1 rings (SSSR count). The summed E-state index contributed by atoms with van der Waals surface area (Å²) < 4.78 is 5.47. The van der Waals surface area contributed by atoms with Gasteiger partial charge in [-0.2, -0.15) is 0 Å². The van der Waals surface area contributed by atoms with Crippen LogP contribution in [-0.2, 0) is 21.7 Å². The second-order valence-electron chi connectivity index (χ2n) is 13.2. The predicted molar refractivity (Wildman–Crippen MR) is 152 cm³/mol. The van der Waals surface area contributed by atoms with Crippen LogP contribution in [0.5, 0.6) is 0 Å². The molecule has 3 heteroatoms. The zero-order valence-corrected chi connectivity index (χ0v) is 27.0. The summed E-state index contributed by atoms with van der Waals surface area (Å²) in [5.41, 5.74) is 5.15. The Labute approximate surface area is 224 Å². The molecule has 0 saturated carbocycles. The summed E-state index contributed by atoms with van der Waals surface area (Å²) in [6.07, 6.45) is 18.2. The quantitative estimate of drug-likeness (QED) is 0.184. The maximum atomic E-state index is 5.47. The van der Waals surface area contributed by atoms with Crippen LogP contribution >= 0.6 is 7.05 Å². The van der Waals surface area contributed by atoms with E-state index in [9.17, 15) is 0 Å². The molecular weight excluding hydrogens is 453 g/mol.